The minimum Gasteiger partial charge on any atom is -0.489 e. The number of halogens is 1. The molecule has 27 heavy (non-hydrogen) atoms. The number of ether oxygens (including phenoxy) is 1. The number of hydrogen-bond acceptors (Lipinski definition) is 5. The Balaban J connectivity index is 1.92. The second kappa shape index (κ2) is 6.82. The van der Waals surface area contributed by atoms with Gasteiger partial charge in [-0.25, -0.2) is 0 Å². The molecule has 2 heterocycles. The Morgan fingerprint density at radius 3 is 2.81 bits per heavy atom. The largest absolute Gasteiger partial charge is 0.489 e. The first kappa shape index (κ1) is 17.7. The zero-order valence-electron chi connectivity index (χ0n) is 14.9. The van der Waals surface area contributed by atoms with Crippen molar-refractivity contribution in [1.29, 1.82) is 0 Å². The fraction of sp³-hybridized carbons (Fsp3) is 0.286. The first-order chi connectivity index (χ1) is 13.1. The van der Waals surface area contributed by atoms with E-state index in [0.29, 0.717) is 35.9 Å². The number of fused-ring (bicyclic) bond motifs is 3. The fourth-order valence-corrected chi connectivity index (χ4v) is 4.36. The molecule has 1 unspecified atom stereocenters. The highest BCUT2D eigenvalue weighted by Gasteiger charge is 2.55. The summed E-state index contributed by atoms with van der Waals surface area (Å²) in [7, 11) is 0. The molecule has 2 atom stereocenters. The Kier molecular flexibility index (Phi) is 4.48. The number of hydrazone groups is 1. The first-order valence-corrected chi connectivity index (χ1v) is 9.26. The van der Waals surface area contributed by atoms with E-state index in [0.717, 1.165) is 17.5 Å². The molecular weight excluding hydrogens is 364 g/mol. The molecule has 0 aromatic heterocycles. The highest BCUT2D eigenvalue weighted by molar-refractivity contribution is 6.43. The van der Waals surface area contributed by atoms with Crippen molar-refractivity contribution in [2.24, 2.45) is 5.10 Å². The van der Waals surface area contributed by atoms with Crippen molar-refractivity contribution >= 4 is 35.1 Å². The van der Waals surface area contributed by atoms with E-state index >= 15 is 0 Å². The third kappa shape index (κ3) is 2.73. The summed E-state index contributed by atoms with van der Waals surface area (Å²) in [5.41, 5.74) is 1.44. The van der Waals surface area contributed by atoms with Gasteiger partial charge in [-0.3, -0.25) is 9.80 Å². The molecule has 0 amide bonds. The molecule has 0 N–H and O–H groups in total. The second-order valence-electron chi connectivity index (χ2n) is 6.83. The van der Waals surface area contributed by atoms with Gasteiger partial charge in [0.25, 0.3) is 0 Å². The van der Waals surface area contributed by atoms with Crippen molar-refractivity contribution in [2.45, 2.75) is 31.2 Å². The van der Waals surface area contributed by atoms with Crippen molar-refractivity contribution < 1.29 is 14.3 Å². The van der Waals surface area contributed by atoms with E-state index in [2.05, 4.69) is 0 Å². The van der Waals surface area contributed by atoms with Crippen LogP contribution in [0.4, 0.5) is 5.69 Å². The smallest absolute Gasteiger partial charge is 0.176 e. The van der Waals surface area contributed by atoms with Crippen LogP contribution in [0.5, 0.6) is 5.75 Å². The Labute approximate surface area is 162 Å². The minimum absolute atomic E-state index is 0.109. The van der Waals surface area contributed by atoms with E-state index in [1.807, 2.05) is 41.4 Å². The van der Waals surface area contributed by atoms with E-state index < -0.39 is 5.41 Å². The Bertz CT molecular complexity index is 928. The molecule has 0 bridgehead atoms. The molecule has 6 heteroatoms. The lowest BCUT2D eigenvalue weighted by Gasteiger charge is -2.41. The zero-order chi connectivity index (χ0) is 19.0. The van der Waals surface area contributed by atoms with Gasteiger partial charge < -0.3 is 9.53 Å². The lowest BCUT2D eigenvalue weighted by molar-refractivity contribution is -0.111. The van der Waals surface area contributed by atoms with Gasteiger partial charge in [-0.05, 0) is 30.2 Å². The summed E-state index contributed by atoms with van der Waals surface area (Å²) in [6.07, 6.45) is 1.70. The number of nitrogens with zero attached hydrogens (tertiary/aromatic N) is 2. The molecular formula is C21H19ClN2O3. The maximum atomic E-state index is 12.6. The average molecular weight is 383 g/mol. The highest BCUT2D eigenvalue weighted by atomic mass is 35.5. The monoisotopic (exact) mass is 382 g/mol. The Hall–Kier alpha value is -2.66. The quantitative estimate of drug-likeness (QED) is 0.738. The van der Waals surface area contributed by atoms with E-state index in [-0.39, 0.29) is 11.8 Å². The van der Waals surface area contributed by atoms with Crippen LogP contribution < -0.4 is 9.75 Å². The standard InChI is InChI=1S/C21H19ClN2O3/c1-14(26)20-21(10-5-11-25,15-6-3-2-4-7-15)19-13-27-18-9-8-16(22)12-17(18)24(19)23-20/h2-4,6-9,11-12,19H,5,10,13H2,1H3/t19?,21-/m1/s1. The number of carbonyl (C=O) groups is 2. The molecule has 138 valence electrons. The van der Waals surface area contributed by atoms with Crippen LogP contribution in [0.3, 0.4) is 0 Å². The summed E-state index contributed by atoms with van der Waals surface area (Å²) in [4.78, 5) is 23.8. The van der Waals surface area contributed by atoms with Crippen molar-refractivity contribution in [3.8, 4) is 5.75 Å². The molecule has 0 fully saturated rings. The molecule has 2 aliphatic rings. The van der Waals surface area contributed by atoms with Crippen LogP contribution in [-0.2, 0) is 15.0 Å². The number of aldehydes is 1. The number of benzene rings is 2. The Morgan fingerprint density at radius 1 is 1.33 bits per heavy atom. The number of anilines is 1. The molecule has 0 radical (unpaired) electrons. The number of carbonyl (C=O) groups excluding carboxylic acids is 2. The summed E-state index contributed by atoms with van der Waals surface area (Å²) >= 11 is 6.19. The number of rotatable bonds is 5. The lowest BCUT2D eigenvalue weighted by atomic mass is 9.67. The van der Waals surface area contributed by atoms with E-state index in [1.165, 1.54) is 6.92 Å². The molecule has 2 aromatic carbocycles. The second-order valence-corrected chi connectivity index (χ2v) is 7.27. The van der Waals surface area contributed by atoms with Crippen LogP contribution in [0.15, 0.2) is 53.6 Å². The molecule has 2 aliphatic heterocycles. The summed E-state index contributed by atoms with van der Waals surface area (Å²) in [5.74, 6) is 0.573. The van der Waals surface area contributed by atoms with Crippen LogP contribution in [-0.4, -0.2) is 30.4 Å². The van der Waals surface area contributed by atoms with Crippen molar-refractivity contribution in [3.63, 3.8) is 0 Å². The normalized spacial score (nSPS) is 23.1. The SMILES string of the molecule is CC(=O)C1=NN2c3cc(Cl)ccc3OCC2[C@@]1(CCC=O)c1ccccc1. The third-order valence-corrected chi connectivity index (χ3v) is 5.57. The summed E-state index contributed by atoms with van der Waals surface area (Å²) in [5, 5.41) is 7.14. The minimum atomic E-state index is -0.714. The number of ketones is 1. The molecule has 2 aromatic rings. The molecule has 0 saturated carbocycles. The van der Waals surface area contributed by atoms with Crippen LogP contribution in [0.2, 0.25) is 5.02 Å². The third-order valence-electron chi connectivity index (χ3n) is 5.34. The van der Waals surface area contributed by atoms with Crippen LogP contribution in [0, 0.1) is 0 Å². The number of hydrogen-bond donors (Lipinski definition) is 0. The summed E-state index contributed by atoms with van der Waals surface area (Å²) in [6.45, 7) is 1.89. The molecule has 0 spiro atoms. The average Bonchev–Trinajstić information content (AvgIpc) is 3.03. The van der Waals surface area contributed by atoms with E-state index in [1.54, 1.807) is 12.1 Å². The van der Waals surface area contributed by atoms with Gasteiger partial charge in [-0.15, -0.1) is 0 Å². The van der Waals surface area contributed by atoms with Gasteiger partial charge in [0, 0.05) is 18.4 Å². The van der Waals surface area contributed by atoms with Gasteiger partial charge in [-0.1, -0.05) is 41.9 Å². The maximum Gasteiger partial charge on any atom is 0.176 e. The first-order valence-electron chi connectivity index (χ1n) is 8.88. The molecule has 0 aliphatic carbocycles. The van der Waals surface area contributed by atoms with Gasteiger partial charge in [-0.2, -0.15) is 5.10 Å². The summed E-state index contributed by atoms with van der Waals surface area (Å²) < 4.78 is 6.00. The van der Waals surface area contributed by atoms with Gasteiger partial charge in [0.15, 0.2) is 5.78 Å². The maximum absolute atomic E-state index is 12.6. The van der Waals surface area contributed by atoms with Crippen molar-refractivity contribution in [1.82, 2.24) is 0 Å². The van der Waals surface area contributed by atoms with Crippen molar-refractivity contribution in [3.05, 3.63) is 59.1 Å². The van der Waals surface area contributed by atoms with Crippen LogP contribution in [0.1, 0.15) is 25.3 Å². The predicted molar refractivity (Wildman–Crippen MR) is 105 cm³/mol. The van der Waals surface area contributed by atoms with Gasteiger partial charge >= 0.3 is 0 Å². The zero-order valence-corrected chi connectivity index (χ0v) is 15.6. The topological polar surface area (TPSA) is 59.0 Å². The van der Waals surface area contributed by atoms with E-state index in [4.69, 9.17) is 21.4 Å². The van der Waals surface area contributed by atoms with Crippen LogP contribution in [0.25, 0.3) is 0 Å². The predicted octanol–water partition coefficient (Wildman–Crippen LogP) is 3.78. The van der Waals surface area contributed by atoms with Crippen LogP contribution >= 0.6 is 11.6 Å². The Morgan fingerprint density at radius 2 is 2.11 bits per heavy atom. The van der Waals surface area contributed by atoms with Gasteiger partial charge in [0.2, 0.25) is 0 Å². The highest BCUT2D eigenvalue weighted by Crippen LogP contribution is 2.48. The molecule has 5 nitrogen and oxygen atoms in total. The van der Waals surface area contributed by atoms with Gasteiger partial charge in [0.1, 0.15) is 36.1 Å². The molecule has 4 rings (SSSR count). The molecule has 0 saturated heterocycles. The van der Waals surface area contributed by atoms with Crippen molar-refractivity contribution in [2.75, 3.05) is 11.6 Å². The lowest BCUT2D eigenvalue weighted by Crippen LogP contribution is -2.53. The number of Topliss-reactive ketones (excluding diaryl/α,β-unsaturated/α-hetero) is 1. The fourth-order valence-electron chi connectivity index (χ4n) is 4.19. The summed E-state index contributed by atoms with van der Waals surface area (Å²) in [6, 6.07) is 14.9. The van der Waals surface area contributed by atoms with E-state index in [9.17, 15) is 9.59 Å². The van der Waals surface area contributed by atoms with Gasteiger partial charge in [0.05, 0.1) is 5.41 Å².